The monoisotopic (exact) mass is 428 g/mol. The Bertz CT molecular complexity index is 1220. The van der Waals surface area contributed by atoms with Gasteiger partial charge in [-0.3, -0.25) is 4.79 Å². The molecule has 0 saturated heterocycles. The third-order valence-electron chi connectivity index (χ3n) is 5.26. The van der Waals surface area contributed by atoms with Crippen LogP contribution in [0.4, 0.5) is 5.69 Å². The summed E-state index contributed by atoms with van der Waals surface area (Å²) >= 11 is 0. The number of carbonyl (C=O) groups is 1. The van der Waals surface area contributed by atoms with Gasteiger partial charge in [-0.05, 0) is 48.0 Å². The Morgan fingerprint density at radius 3 is 1.97 bits per heavy atom. The molecular weight excluding hydrogens is 404 g/mol. The molecule has 0 atom stereocenters. The molecule has 162 valence electrons. The highest BCUT2D eigenvalue weighted by Crippen LogP contribution is 2.39. The summed E-state index contributed by atoms with van der Waals surface area (Å²) in [5.74, 6) is 1.10. The van der Waals surface area contributed by atoms with E-state index in [9.17, 15) is 4.79 Å². The predicted octanol–water partition coefficient (Wildman–Crippen LogP) is 4.98. The van der Waals surface area contributed by atoms with Crippen LogP contribution in [0.1, 0.15) is 16.1 Å². The first-order valence-corrected chi connectivity index (χ1v) is 10.0. The Morgan fingerprint density at radius 1 is 0.781 bits per heavy atom. The Balaban J connectivity index is 1.88. The van der Waals surface area contributed by atoms with Crippen molar-refractivity contribution in [2.24, 2.45) is 0 Å². The highest BCUT2D eigenvalue weighted by atomic mass is 16.5. The lowest BCUT2D eigenvalue weighted by atomic mass is 10.0. The van der Waals surface area contributed by atoms with Crippen LogP contribution in [0, 0.1) is 0 Å². The van der Waals surface area contributed by atoms with E-state index in [1.165, 1.54) is 21.3 Å². The van der Waals surface area contributed by atoms with E-state index in [4.69, 9.17) is 19.9 Å². The molecule has 6 nitrogen and oxygen atoms in total. The van der Waals surface area contributed by atoms with Gasteiger partial charge in [0, 0.05) is 28.7 Å². The molecule has 4 rings (SSSR count). The average Bonchev–Trinajstić information content (AvgIpc) is 3.29. The molecule has 0 saturated carbocycles. The molecule has 0 fully saturated rings. The van der Waals surface area contributed by atoms with Crippen LogP contribution in [-0.4, -0.2) is 31.7 Å². The van der Waals surface area contributed by atoms with Crippen molar-refractivity contribution in [3.05, 3.63) is 90.3 Å². The number of carbonyl (C=O) groups excluding carboxylic acids is 1. The van der Waals surface area contributed by atoms with Crippen LogP contribution in [0.15, 0.2) is 79.0 Å². The first kappa shape index (κ1) is 21.1. The van der Waals surface area contributed by atoms with Crippen LogP contribution >= 0.6 is 0 Å². The summed E-state index contributed by atoms with van der Waals surface area (Å²) in [4.78, 5) is 13.7. The molecule has 0 bridgehead atoms. The van der Waals surface area contributed by atoms with E-state index >= 15 is 0 Å². The molecule has 0 aliphatic rings. The minimum atomic E-state index is -0.178. The van der Waals surface area contributed by atoms with Crippen molar-refractivity contribution >= 4 is 11.5 Å². The number of nitrogen functional groups attached to an aromatic ring is 1. The van der Waals surface area contributed by atoms with Gasteiger partial charge in [-0.1, -0.05) is 30.3 Å². The summed E-state index contributed by atoms with van der Waals surface area (Å²) in [6.07, 6.45) is 1.95. The number of anilines is 1. The number of nitrogens with zero attached hydrogens (tertiary/aromatic N) is 1. The molecule has 2 N–H and O–H groups in total. The molecule has 0 aliphatic heterocycles. The minimum Gasteiger partial charge on any atom is -0.493 e. The average molecular weight is 428 g/mol. The maximum Gasteiger partial charge on any atom is 0.210 e. The topological polar surface area (TPSA) is 75.7 Å². The predicted molar refractivity (Wildman–Crippen MR) is 125 cm³/mol. The van der Waals surface area contributed by atoms with Crippen molar-refractivity contribution < 1.29 is 19.0 Å². The zero-order valence-corrected chi connectivity index (χ0v) is 18.2. The van der Waals surface area contributed by atoms with Gasteiger partial charge in [-0.2, -0.15) is 0 Å². The molecular formula is C26H24N2O4. The maximum atomic E-state index is 13.7. The van der Waals surface area contributed by atoms with Crippen molar-refractivity contribution in [2.45, 2.75) is 0 Å². The molecule has 0 aliphatic carbocycles. The van der Waals surface area contributed by atoms with Crippen LogP contribution in [0.2, 0.25) is 0 Å². The number of rotatable bonds is 7. The zero-order chi connectivity index (χ0) is 22.7. The van der Waals surface area contributed by atoms with Gasteiger partial charge in [-0.15, -0.1) is 0 Å². The molecule has 0 unspecified atom stereocenters. The first-order valence-electron chi connectivity index (χ1n) is 10.0. The number of ketones is 1. The Morgan fingerprint density at radius 2 is 1.41 bits per heavy atom. The van der Waals surface area contributed by atoms with Gasteiger partial charge in [0.1, 0.15) is 0 Å². The fourth-order valence-corrected chi connectivity index (χ4v) is 3.63. The summed E-state index contributed by atoms with van der Waals surface area (Å²) < 4.78 is 18.1. The molecule has 0 radical (unpaired) electrons. The third-order valence-corrected chi connectivity index (χ3v) is 5.26. The number of hydrogen-bond donors (Lipinski definition) is 1. The zero-order valence-electron chi connectivity index (χ0n) is 18.2. The highest BCUT2D eigenvalue weighted by molar-refractivity contribution is 6.09. The number of benzene rings is 3. The van der Waals surface area contributed by atoms with Gasteiger partial charge in [-0.25, -0.2) is 0 Å². The van der Waals surface area contributed by atoms with E-state index in [0.29, 0.717) is 34.2 Å². The molecule has 4 aromatic rings. The lowest BCUT2D eigenvalue weighted by molar-refractivity contribution is 0.103. The van der Waals surface area contributed by atoms with Crippen LogP contribution in [0.3, 0.4) is 0 Å². The normalized spacial score (nSPS) is 10.6. The number of aromatic nitrogens is 1. The number of ether oxygens (including phenoxy) is 3. The molecule has 3 aromatic carbocycles. The fraction of sp³-hybridized carbons (Fsp3) is 0.115. The van der Waals surface area contributed by atoms with Crippen molar-refractivity contribution in [3.63, 3.8) is 0 Å². The number of hydrogen-bond acceptors (Lipinski definition) is 5. The standard InChI is InChI=1S/C26H24N2O4/c1-30-23-14-18(15-24(31-2)26(23)32-3)25(29)22-13-19(17-7-5-4-6-8-17)16-28(22)21-11-9-20(27)10-12-21/h4-16H,27H2,1-3H3. The largest absolute Gasteiger partial charge is 0.493 e. The Kier molecular flexibility index (Phi) is 5.85. The van der Waals surface area contributed by atoms with E-state index < -0.39 is 0 Å². The second-order valence-corrected chi connectivity index (χ2v) is 7.18. The summed E-state index contributed by atoms with van der Waals surface area (Å²) in [6, 6.07) is 22.5. The second-order valence-electron chi connectivity index (χ2n) is 7.18. The first-order chi connectivity index (χ1) is 15.5. The van der Waals surface area contributed by atoms with Gasteiger partial charge in [0.25, 0.3) is 0 Å². The van der Waals surface area contributed by atoms with Gasteiger partial charge in [0.05, 0.1) is 27.0 Å². The third kappa shape index (κ3) is 3.90. The Hall–Kier alpha value is -4.19. The van der Waals surface area contributed by atoms with Gasteiger partial charge in [0.15, 0.2) is 11.5 Å². The Labute approximate surface area is 186 Å². The van der Waals surface area contributed by atoms with Crippen LogP contribution in [0.25, 0.3) is 16.8 Å². The molecule has 32 heavy (non-hydrogen) atoms. The number of methoxy groups -OCH3 is 3. The summed E-state index contributed by atoms with van der Waals surface area (Å²) in [5, 5.41) is 0. The van der Waals surface area contributed by atoms with Gasteiger partial charge in [0.2, 0.25) is 11.5 Å². The summed E-state index contributed by atoms with van der Waals surface area (Å²) in [7, 11) is 4.58. The minimum absolute atomic E-state index is 0.178. The molecule has 6 heteroatoms. The van der Waals surface area contributed by atoms with Crippen molar-refractivity contribution in [3.8, 4) is 34.1 Å². The molecule has 0 amide bonds. The van der Waals surface area contributed by atoms with Crippen LogP contribution in [-0.2, 0) is 0 Å². The van der Waals surface area contributed by atoms with E-state index in [2.05, 4.69) is 0 Å². The van der Waals surface area contributed by atoms with Gasteiger partial charge < -0.3 is 24.5 Å². The number of nitrogens with two attached hydrogens (primary N) is 1. The quantitative estimate of drug-likeness (QED) is 0.332. The lowest BCUT2D eigenvalue weighted by Gasteiger charge is -2.14. The molecule has 1 heterocycles. The van der Waals surface area contributed by atoms with E-state index in [1.54, 1.807) is 12.1 Å². The summed E-state index contributed by atoms with van der Waals surface area (Å²) in [5.41, 5.74) is 10.2. The van der Waals surface area contributed by atoms with Crippen molar-refractivity contribution in [1.29, 1.82) is 0 Å². The van der Waals surface area contributed by atoms with E-state index in [1.807, 2.05) is 71.4 Å². The smallest absolute Gasteiger partial charge is 0.210 e. The highest BCUT2D eigenvalue weighted by Gasteiger charge is 2.22. The van der Waals surface area contributed by atoms with Gasteiger partial charge >= 0.3 is 0 Å². The van der Waals surface area contributed by atoms with E-state index in [-0.39, 0.29) is 5.78 Å². The van der Waals surface area contributed by atoms with Crippen molar-refractivity contribution in [2.75, 3.05) is 27.1 Å². The van der Waals surface area contributed by atoms with E-state index in [0.717, 1.165) is 16.8 Å². The SMILES string of the molecule is COc1cc(C(=O)c2cc(-c3ccccc3)cn2-c2ccc(N)cc2)cc(OC)c1OC. The molecule has 0 spiro atoms. The van der Waals surface area contributed by atoms with Crippen LogP contribution in [0.5, 0.6) is 17.2 Å². The fourth-order valence-electron chi connectivity index (χ4n) is 3.63. The lowest BCUT2D eigenvalue weighted by Crippen LogP contribution is -2.09. The van der Waals surface area contributed by atoms with Crippen LogP contribution < -0.4 is 19.9 Å². The second kappa shape index (κ2) is 8.89. The molecule has 1 aromatic heterocycles. The van der Waals surface area contributed by atoms with Crippen molar-refractivity contribution in [1.82, 2.24) is 4.57 Å². The summed E-state index contributed by atoms with van der Waals surface area (Å²) in [6.45, 7) is 0. The maximum absolute atomic E-state index is 13.7.